The fraction of sp³-hybridized carbons (Fsp3) is 0.192. The van der Waals surface area contributed by atoms with Gasteiger partial charge in [-0.25, -0.2) is 9.36 Å². The van der Waals surface area contributed by atoms with Gasteiger partial charge in [0.1, 0.15) is 6.54 Å². The summed E-state index contributed by atoms with van der Waals surface area (Å²) < 4.78 is 2.53. The van der Waals surface area contributed by atoms with Crippen LogP contribution < -0.4 is 16.6 Å². The van der Waals surface area contributed by atoms with Gasteiger partial charge in [-0.2, -0.15) is 0 Å². The number of hydrogen-bond donors (Lipinski definition) is 1. The van der Waals surface area contributed by atoms with Crippen molar-refractivity contribution in [1.29, 1.82) is 0 Å². The first-order chi connectivity index (χ1) is 15.3. The van der Waals surface area contributed by atoms with E-state index in [1.54, 1.807) is 24.3 Å². The lowest BCUT2D eigenvalue weighted by molar-refractivity contribution is -0.116. The second-order valence-corrected chi connectivity index (χ2v) is 8.17. The third-order valence-electron chi connectivity index (χ3n) is 5.72. The molecular formula is C26H25N3O3. The van der Waals surface area contributed by atoms with E-state index in [1.165, 1.54) is 9.13 Å². The molecule has 4 rings (SSSR count). The lowest BCUT2D eigenvalue weighted by Gasteiger charge is -2.16. The van der Waals surface area contributed by atoms with Crippen molar-refractivity contribution in [2.24, 2.45) is 0 Å². The van der Waals surface area contributed by atoms with Crippen LogP contribution in [-0.2, 0) is 11.3 Å². The summed E-state index contributed by atoms with van der Waals surface area (Å²) in [5.41, 5.74) is 4.42. The van der Waals surface area contributed by atoms with Gasteiger partial charge in [0.2, 0.25) is 5.91 Å². The van der Waals surface area contributed by atoms with Gasteiger partial charge in [0.25, 0.3) is 5.56 Å². The maximum atomic E-state index is 13.5. The largest absolute Gasteiger partial charge is 0.336 e. The quantitative estimate of drug-likeness (QED) is 0.535. The SMILES string of the molecule is Cc1cccc(NC(=O)Cn2c(=O)n(-c3cccc(C)c3C)c(=O)c3cc(C)ccc32)c1. The highest BCUT2D eigenvalue weighted by Gasteiger charge is 2.18. The summed E-state index contributed by atoms with van der Waals surface area (Å²) >= 11 is 0. The number of hydrogen-bond acceptors (Lipinski definition) is 3. The Bertz CT molecular complexity index is 1480. The molecule has 6 nitrogen and oxygen atoms in total. The van der Waals surface area contributed by atoms with Crippen LogP contribution >= 0.6 is 0 Å². The van der Waals surface area contributed by atoms with Gasteiger partial charge in [0.05, 0.1) is 16.6 Å². The molecule has 0 fully saturated rings. The molecule has 0 saturated carbocycles. The minimum Gasteiger partial charge on any atom is -0.325 e. The Kier molecular flexibility index (Phi) is 5.53. The zero-order chi connectivity index (χ0) is 23.0. The van der Waals surface area contributed by atoms with E-state index in [1.807, 2.05) is 64.1 Å². The molecule has 0 atom stereocenters. The maximum absolute atomic E-state index is 13.5. The fourth-order valence-corrected chi connectivity index (χ4v) is 3.90. The van der Waals surface area contributed by atoms with Gasteiger partial charge in [-0.05, 0) is 74.7 Å². The van der Waals surface area contributed by atoms with Gasteiger partial charge >= 0.3 is 5.69 Å². The number of carbonyl (C=O) groups is 1. The van der Waals surface area contributed by atoms with Crippen LogP contribution in [0, 0.1) is 27.7 Å². The third kappa shape index (κ3) is 3.87. The minimum atomic E-state index is -0.542. The summed E-state index contributed by atoms with van der Waals surface area (Å²) in [4.78, 5) is 39.8. The molecule has 0 saturated heterocycles. The molecule has 0 aliphatic rings. The standard InChI is InChI=1S/C26H25N3O3/c1-16-7-5-9-20(13-16)27-24(30)15-28-23-12-11-17(2)14-21(23)25(31)29(26(28)32)22-10-6-8-18(3)19(22)4/h5-14H,15H2,1-4H3,(H,27,30). The van der Waals surface area contributed by atoms with Crippen LogP contribution in [0.3, 0.4) is 0 Å². The molecule has 0 spiro atoms. The van der Waals surface area contributed by atoms with E-state index in [4.69, 9.17) is 0 Å². The van der Waals surface area contributed by atoms with E-state index < -0.39 is 11.2 Å². The molecule has 1 N–H and O–H groups in total. The van der Waals surface area contributed by atoms with Crippen LogP contribution in [0.25, 0.3) is 16.6 Å². The van der Waals surface area contributed by atoms with Crippen LogP contribution in [-0.4, -0.2) is 15.0 Å². The van der Waals surface area contributed by atoms with Crippen LogP contribution in [0.2, 0.25) is 0 Å². The molecule has 1 amide bonds. The number of rotatable bonds is 4. The predicted octanol–water partition coefficient (Wildman–Crippen LogP) is 4.02. The van der Waals surface area contributed by atoms with Crippen LogP contribution in [0.4, 0.5) is 5.69 Å². The number of fused-ring (bicyclic) bond motifs is 1. The average Bonchev–Trinajstić information content (AvgIpc) is 2.74. The highest BCUT2D eigenvalue weighted by atomic mass is 16.2. The van der Waals surface area contributed by atoms with Crippen molar-refractivity contribution in [2.45, 2.75) is 34.2 Å². The van der Waals surface area contributed by atoms with Crippen molar-refractivity contribution in [3.05, 3.63) is 104 Å². The fourth-order valence-electron chi connectivity index (χ4n) is 3.90. The molecule has 0 aliphatic carbocycles. The first-order valence-electron chi connectivity index (χ1n) is 10.5. The van der Waals surface area contributed by atoms with E-state index in [2.05, 4.69) is 5.32 Å². The van der Waals surface area contributed by atoms with Crippen LogP contribution in [0.15, 0.2) is 70.3 Å². The minimum absolute atomic E-state index is 0.211. The molecule has 0 radical (unpaired) electrons. The highest BCUT2D eigenvalue weighted by Crippen LogP contribution is 2.17. The molecule has 0 unspecified atom stereocenters. The first kappa shape index (κ1) is 21.3. The van der Waals surface area contributed by atoms with E-state index >= 15 is 0 Å². The van der Waals surface area contributed by atoms with E-state index in [0.29, 0.717) is 22.3 Å². The second-order valence-electron chi connectivity index (χ2n) is 8.17. The van der Waals surface area contributed by atoms with Crippen molar-refractivity contribution in [1.82, 2.24) is 9.13 Å². The molecule has 32 heavy (non-hydrogen) atoms. The Morgan fingerprint density at radius 1 is 0.875 bits per heavy atom. The Morgan fingerprint density at radius 3 is 2.34 bits per heavy atom. The van der Waals surface area contributed by atoms with Crippen LogP contribution in [0.5, 0.6) is 0 Å². The maximum Gasteiger partial charge on any atom is 0.336 e. The Balaban J connectivity index is 1.90. The number of nitrogens with zero attached hydrogens (tertiary/aromatic N) is 2. The number of carbonyl (C=O) groups excluding carboxylic acids is 1. The number of anilines is 1. The molecule has 0 aliphatic heterocycles. The smallest absolute Gasteiger partial charge is 0.325 e. The Morgan fingerprint density at radius 2 is 1.59 bits per heavy atom. The summed E-state index contributed by atoms with van der Waals surface area (Å²) in [6.07, 6.45) is 0. The van der Waals surface area contributed by atoms with Gasteiger partial charge in [0.15, 0.2) is 0 Å². The Labute approximate surface area is 185 Å². The molecule has 162 valence electrons. The van der Waals surface area contributed by atoms with E-state index in [0.717, 1.165) is 22.3 Å². The van der Waals surface area contributed by atoms with Crippen molar-refractivity contribution < 1.29 is 4.79 Å². The number of aryl methyl sites for hydroxylation is 3. The van der Waals surface area contributed by atoms with Gasteiger partial charge in [0, 0.05) is 5.69 Å². The molecule has 1 heterocycles. The molecule has 0 bridgehead atoms. The monoisotopic (exact) mass is 427 g/mol. The van der Waals surface area contributed by atoms with Crippen molar-refractivity contribution in [3.63, 3.8) is 0 Å². The van der Waals surface area contributed by atoms with Crippen molar-refractivity contribution in [3.8, 4) is 5.69 Å². The van der Waals surface area contributed by atoms with Gasteiger partial charge < -0.3 is 5.32 Å². The Hall–Kier alpha value is -3.93. The van der Waals surface area contributed by atoms with Gasteiger partial charge in [-0.15, -0.1) is 0 Å². The lowest BCUT2D eigenvalue weighted by Crippen LogP contribution is -2.41. The highest BCUT2D eigenvalue weighted by molar-refractivity contribution is 5.91. The molecule has 3 aromatic carbocycles. The van der Waals surface area contributed by atoms with Crippen molar-refractivity contribution in [2.75, 3.05) is 5.32 Å². The number of aromatic nitrogens is 2. The second kappa shape index (κ2) is 8.30. The first-order valence-corrected chi connectivity index (χ1v) is 10.5. The van der Waals surface area contributed by atoms with Crippen LogP contribution in [0.1, 0.15) is 22.3 Å². The summed E-state index contributed by atoms with van der Waals surface area (Å²) in [6.45, 7) is 7.43. The number of nitrogens with one attached hydrogen (secondary N) is 1. The number of amides is 1. The average molecular weight is 428 g/mol. The normalized spacial score (nSPS) is 11.0. The van der Waals surface area contributed by atoms with E-state index in [-0.39, 0.29) is 12.5 Å². The molecule has 6 heteroatoms. The number of benzene rings is 3. The predicted molar refractivity (Wildman–Crippen MR) is 128 cm³/mol. The van der Waals surface area contributed by atoms with Gasteiger partial charge in [-0.3, -0.25) is 14.2 Å². The summed E-state index contributed by atoms with van der Waals surface area (Å²) in [6, 6.07) is 18.3. The zero-order valence-electron chi connectivity index (χ0n) is 18.6. The van der Waals surface area contributed by atoms with E-state index in [9.17, 15) is 14.4 Å². The third-order valence-corrected chi connectivity index (χ3v) is 5.72. The lowest BCUT2D eigenvalue weighted by atomic mass is 10.1. The molecule has 1 aromatic heterocycles. The molecular weight excluding hydrogens is 402 g/mol. The van der Waals surface area contributed by atoms with Crippen molar-refractivity contribution >= 4 is 22.5 Å². The topological polar surface area (TPSA) is 73.1 Å². The zero-order valence-corrected chi connectivity index (χ0v) is 18.6. The summed E-state index contributed by atoms with van der Waals surface area (Å²) in [5.74, 6) is -0.342. The van der Waals surface area contributed by atoms with Gasteiger partial charge in [-0.1, -0.05) is 35.9 Å². The summed E-state index contributed by atoms with van der Waals surface area (Å²) in [5, 5.41) is 3.24. The molecule has 4 aromatic rings. The summed E-state index contributed by atoms with van der Waals surface area (Å²) in [7, 11) is 0.